The van der Waals surface area contributed by atoms with Crippen LogP contribution in [0.3, 0.4) is 0 Å². The minimum Gasteiger partial charge on any atom is -0.473 e. The molecule has 0 saturated carbocycles. The lowest BCUT2D eigenvalue weighted by atomic mass is 9.97. The molecule has 0 radical (unpaired) electrons. The normalized spacial score (nSPS) is 17.3. The highest BCUT2D eigenvalue weighted by molar-refractivity contribution is 7.90. The van der Waals surface area contributed by atoms with E-state index in [0.29, 0.717) is 23.8 Å². The van der Waals surface area contributed by atoms with Crippen molar-refractivity contribution in [2.24, 2.45) is 5.92 Å². The van der Waals surface area contributed by atoms with Crippen molar-refractivity contribution in [2.75, 3.05) is 11.4 Å². The first-order valence-electron chi connectivity index (χ1n) is 11.2. The highest BCUT2D eigenvalue weighted by atomic mass is 32.2. The Balaban J connectivity index is 1.52. The number of rotatable bonds is 7. The molecule has 1 atom stereocenters. The van der Waals surface area contributed by atoms with Crippen LogP contribution in [0.1, 0.15) is 43.1 Å². The number of aromatic nitrogens is 2. The van der Waals surface area contributed by atoms with Crippen LogP contribution in [0.15, 0.2) is 65.8 Å². The van der Waals surface area contributed by atoms with Crippen molar-refractivity contribution in [1.29, 1.82) is 0 Å². The van der Waals surface area contributed by atoms with Crippen LogP contribution in [0.2, 0.25) is 0 Å². The predicted molar refractivity (Wildman–Crippen MR) is 129 cm³/mol. The maximum Gasteiger partial charge on any atom is 0.281 e. The fourth-order valence-corrected chi connectivity index (χ4v) is 5.27. The number of halogens is 1. The molecule has 1 fully saturated rings. The average molecular weight is 499 g/mol. The van der Waals surface area contributed by atoms with Gasteiger partial charge in [0.1, 0.15) is 18.2 Å². The second-order valence-corrected chi connectivity index (χ2v) is 10.9. The van der Waals surface area contributed by atoms with Crippen molar-refractivity contribution in [3.8, 4) is 5.88 Å². The Morgan fingerprint density at radius 2 is 1.91 bits per heavy atom. The molecule has 1 amide bonds. The molecule has 1 aromatic carbocycles. The molecule has 0 aliphatic carbocycles. The minimum absolute atomic E-state index is 0.0551. The van der Waals surface area contributed by atoms with Crippen molar-refractivity contribution >= 4 is 21.7 Å². The standard InChI is InChI=1S/C25H27FN4O4S/c1-17-14-25(2,3)30(15-17)23-20(6-5-13-27-23)24(31)29-35(32,33)22-8-4-7-21(28-22)34-16-18-9-11-19(26)12-10-18/h4-13,17H,14-16H2,1-3H3,(H,29,31). The topological polar surface area (TPSA) is 101 Å². The summed E-state index contributed by atoms with van der Waals surface area (Å²) in [5.74, 6) is -0.245. The maximum atomic E-state index is 13.1. The predicted octanol–water partition coefficient (Wildman–Crippen LogP) is 3.94. The number of hydrogen-bond donors (Lipinski definition) is 1. The van der Waals surface area contributed by atoms with E-state index in [1.807, 2.05) is 4.90 Å². The van der Waals surface area contributed by atoms with E-state index in [9.17, 15) is 17.6 Å². The summed E-state index contributed by atoms with van der Waals surface area (Å²) in [6.07, 6.45) is 2.51. The van der Waals surface area contributed by atoms with Gasteiger partial charge in [0.2, 0.25) is 5.88 Å². The van der Waals surface area contributed by atoms with Gasteiger partial charge in [0.05, 0.1) is 5.56 Å². The summed E-state index contributed by atoms with van der Waals surface area (Å²) in [4.78, 5) is 23.6. The van der Waals surface area contributed by atoms with E-state index < -0.39 is 15.9 Å². The van der Waals surface area contributed by atoms with Gasteiger partial charge in [-0.15, -0.1) is 0 Å². The third kappa shape index (κ3) is 5.59. The van der Waals surface area contributed by atoms with Gasteiger partial charge in [-0.25, -0.2) is 14.1 Å². The summed E-state index contributed by atoms with van der Waals surface area (Å²) in [6, 6.07) is 13.1. The zero-order chi connectivity index (χ0) is 25.2. The molecule has 1 unspecified atom stereocenters. The van der Waals surface area contributed by atoms with E-state index in [2.05, 4.69) is 35.5 Å². The molecule has 1 N–H and O–H groups in total. The van der Waals surface area contributed by atoms with E-state index in [0.717, 1.165) is 6.42 Å². The van der Waals surface area contributed by atoms with Gasteiger partial charge in [-0.2, -0.15) is 13.4 Å². The van der Waals surface area contributed by atoms with Gasteiger partial charge in [0, 0.05) is 24.3 Å². The summed E-state index contributed by atoms with van der Waals surface area (Å²) >= 11 is 0. The maximum absolute atomic E-state index is 13.1. The quantitative estimate of drug-likeness (QED) is 0.527. The van der Waals surface area contributed by atoms with Crippen LogP contribution in [-0.2, 0) is 16.6 Å². The number of hydrogen-bond acceptors (Lipinski definition) is 7. The average Bonchev–Trinajstić information content (AvgIpc) is 3.10. The number of sulfonamides is 1. The molecule has 10 heteroatoms. The fourth-order valence-electron chi connectivity index (χ4n) is 4.34. The molecule has 35 heavy (non-hydrogen) atoms. The van der Waals surface area contributed by atoms with Gasteiger partial charge in [-0.05, 0) is 62.1 Å². The van der Waals surface area contributed by atoms with E-state index in [4.69, 9.17) is 4.74 Å². The van der Waals surface area contributed by atoms with E-state index in [1.54, 1.807) is 30.5 Å². The van der Waals surface area contributed by atoms with Crippen molar-refractivity contribution in [1.82, 2.24) is 14.7 Å². The fraction of sp³-hybridized carbons (Fsp3) is 0.320. The molecule has 8 nitrogen and oxygen atoms in total. The van der Waals surface area contributed by atoms with Crippen molar-refractivity contribution in [3.05, 3.63) is 77.7 Å². The summed E-state index contributed by atoms with van der Waals surface area (Å²) < 4.78 is 46.7. The van der Waals surface area contributed by atoms with Crippen LogP contribution in [0.5, 0.6) is 5.88 Å². The molecule has 1 aliphatic rings. The molecule has 184 valence electrons. The van der Waals surface area contributed by atoms with Gasteiger partial charge < -0.3 is 9.64 Å². The monoisotopic (exact) mass is 498 g/mol. The molecule has 1 aliphatic heterocycles. The highest BCUT2D eigenvalue weighted by Gasteiger charge is 2.39. The van der Waals surface area contributed by atoms with E-state index >= 15 is 0 Å². The van der Waals surface area contributed by atoms with Crippen LogP contribution >= 0.6 is 0 Å². The van der Waals surface area contributed by atoms with Gasteiger partial charge in [0.25, 0.3) is 15.9 Å². The first-order valence-corrected chi connectivity index (χ1v) is 12.7. The summed E-state index contributed by atoms with van der Waals surface area (Å²) in [6.45, 7) is 7.07. The highest BCUT2D eigenvalue weighted by Crippen LogP contribution is 2.37. The molecule has 4 rings (SSSR count). The third-order valence-corrected chi connectivity index (χ3v) is 7.09. The van der Waals surface area contributed by atoms with Gasteiger partial charge in [-0.1, -0.05) is 25.1 Å². The summed E-state index contributed by atoms with van der Waals surface area (Å²) in [7, 11) is -4.29. The number of amides is 1. The number of carbonyl (C=O) groups is 1. The van der Waals surface area contributed by atoms with Gasteiger partial charge >= 0.3 is 0 Å². The van der Waals surface area contributed by atoms with Crippen LogP contribution in [0.25, 0.3) is 0 Å². The Hall–Kier alpha value is -3.53. The number of anilines is 1. The molecule has 1 saturated heterocycles. The molecular weight excluding hydrogens is 471 g/mol. The van der Waals surface area contributed by atoms with Gasteiger partial charge in [0.15, 0.2) is 5.03 Å². The Bertz CT molecular complexity index is 1330. The number of nitrogens with zero attached hydrogens (tertiary/aromatic N) is 3. The number of ether oxygens (including phenoxy) is 1. The second kappa shape index (κ2) is 9.61. The van der Waals surface area contributed by atoms with Crippen molar-refractivity contribution < 1.29 is 22.3 Å². The largest absolute Gasteiger partial charge is 0.473 e. The number of pyridine rings is 2. The molecule has 3 aromatic rings. The first-order chi connectivity index (χ1) is 16.5. The van der Waals surface area contributed by atoms with Crippen LogP contribution < -0.4 is 14.4 Å². The Kier molecular flexibility index (Phi) is 6.75. The third-order valence-electron chi connectivity index (χ3n) is 5.86. The molecule has 0 spiro atoms. The lowest BCUT2D eigenvalue weighted by molar-refractivity contribution is 0.0981. The first kappa shape index (κ1) is 24.6. The van der Waals surface area contributed by atoms with Crippen LogP contribution in [0.4, 0.5) is 10.2 Å². The molecular formula is C25H27FN4O4S. The summed E-state index contributed by atoms with van der Waals surface area (Å²) in [5, 5.41) is -0.358. The molecule has 0 bridgehead atoms. The van der Waals surface area contributed by atoms with E-state index in [1.165, 1.54) is 30.3 Å². The van der Waals surface area contributed by atoms with Crippen molar-refractivity contribution in [3.63, 3.8) is 0 Å². The van der Waals surface area contributed by atoms with Crippen molar-refractivity contribution in [2.45, 2.75) is 44.4 Å². The summed E-state index contributed by atoms with van der Waals surface area (Å²) in [5.41, 5.74) is 0.638. The minimum atomic E-state index is -4.29. The number of nitrogens with one attached hydrogen (secondary N) is 1. The number of benzene rings is 1. The lowest BCUT2D eigenvalue weighted by Gasteiger charge is -2.33. The SMILES string of the molecule is CC1CN(c2ncccc2C(=O)NS(=O)(=O)c2cccc(OCc3ccc(F)cc3)n2)C(C)(C)C1. The van der Waals surface area contributed by atoms with Gasteiger partial charge in [-0.3, -0.25) is 4.79 Å². The second-order valence-electron chi connectivity index (χ2n) is 9.27. The lowest BCUT2D eigenvalue weighted by Crippen LogP contribution is -2.41. The molecule has 3 heterocycles. The number of carbonyl (C=O) groups excluding carboxylic acids is 1. The zero-order valence-electron chi connectivity index (χ0n) is 19.7. The van der Waals surface area contributed by atoms with E-state index in [-0.39, 0.29) is 34.4 Å². The Morgan fingerprint density at radius 1 is 1.17 bits per heavy atom. The molecule has 2 aromatic heterocycles. The Labute approximate surface area is 204 Å². The van der Waals surface area contributed by atoms with Crippen LogP contribution in [0, 0.1) is 11.7 Å². The van der Waals surface area contributed by atoms with Crippen LogP contribution in [-0.4, -0.2) is 36.4 Å². The zero-order valence-corrected chi connectivity index (χ0v) is 20.5. The smallest absolute Gasteiger partial charge is 0.281 e. The Morgan fingerprint density at radius 3 is 2.60 bits per heavy atom.